The Hall–Kier alpha value is -10.8. The summed E-state index contributed by atoms with van der Waals surface area (Å²) in [6.07, 6.45) is -5.10. The summed E-state index contributed by atoms with van der Waals surface area (Å²) in [5, 5.41) is 88.7. The molecule has 0 unspecified atom stereocenters. The van der Waals surface area contributed by atoms with Gasteiger partial charge in [-0.25, -0.2) is 4.79 Å². The summed E-state index contributed by atoms with van der Waals surface area (Å²) in [7, 11) is 0. The van der Waals surface area contributed by atoms with Crippen LogP contribution in [0, 0.1) is 35.5 Å². The lowest BCUT2D eigenvalue weighted by Crippen LogP contribution is -2.62. The van der Waals surface area contributed by atoms with Crippen LogP contribution < -0.4 is 86.7 Å². The van der Waals surface area contributed by atoms with E-state index in [-0.39, 0.29) is 80.1 Å². The summed E-state index contributed by atoms with van der Waals surface area (Å²) in [6, 6.07) is -16.8. The van der Waals surface area contributed by atoms with Gasteiger partial charge in [0.05, 0.1) is 31.9 Å². The van der Waals surface area contributed by atoms with Crippen molar-refractivity contribution in [2.45, 2.75) is 245 Å². The zero-order chi connectivity index (χ0) is 84.1. The Balaban J connectivity index is 3.72. The van der Waals surface area contributed by atoms with Crippen molar-refractivity contribution >= 4 is 107 Å². The van der Waals surface area contributed by atoms with Gasteiger partial charge in [0.25, 0.3) is 0 Å². The SMILES string of the molecule is CC[C@H](C)[C@H](NC(=O)[C@H](CCC(N)=O)NC(=O)[C@H](CO)NC(=O)[C@H](Cc1ccc(O)cc1)NC(=O)[C@H](CC(=O)O)NC(=O)[C@H](CC(C)C)NC(=O)[C@H](CC(=O)O)NC(=O)[C@@H](NC(=O)[C@H](CC(C)C)NC(=O)[C@@H](N)CC(C)C)C(C)C)C(=O)N[C@@H](CC(=O)O)C(=O)N[C@@H](CC(C)C)C(=O)N[C@@H](CCCN=C(N)N)C(=O)O. The van der Waals surface area contributed by atoms with Gasteiger partial charge in [-0.3, -0.25) is 81.7 Å². The van der Waals surface area contributed by atoms with Gasteiger partial charge in [-0.1, -0.05) is 102 Å². The normalized spacial score (nSPS) is 15.1. The van der Waals surface area contributed by atoms with E-state index in [9.17, 15) is 112 Å². The van der Waals surface area contributed by atoms with Crippen LogP contribution in [0.5, 0.6) is 5.75 Å². The molecular formula is C70H115N17O23. The molecular weight excluding hydrogens is 1450 g/mol. The lowest BCUT2D eigenvalue weighted by Gasteiger charge is -2.29. The Morgan fingerprint density at radius 2 is 0.736 bits per heavy atom. The first-order valence-corrected chi connectivity index (χ1v) is 36.2. The molecule has 14 atom stereocenters. The van der Waals surface area contributed by atoms with Crippen LogP contribution in [-0.2, 0) is 87.9 Å². The van der Waals surface area contributed by atoms with Crippen LogP contribution in [0.25, 0.3) is 0 Å². The number of carbonyl (C=O) groups is 17. The molecule has 0 bridgehead atoms. The maximum absolute atomic E-state index is 14.5. The summed E-state index contributed by atoms with van der Waals surface area (Å²) >= 11 is 0. The van der Waals surface area contributed by atoms with Crippen molar-refractivity contribution < 1.29 is 112 Å². The van der Waals surface area contributed by atoms with E-state index in [1.54, 1.807) is 48.5 Å². The number of aliphatic hydroxyl groups excluding tert-OH is 1. The Morgan fingerprint density at radius 3 is 1.13 bits per heavy atom. The molecule has 26 N–H and O–H groups in total. The molecule has 40 nitrogen and oxygen atoms in total. The lowest BCUT2D eigenvalue weighted by molar-refractivity contribution is -0.143. The van der Waals surface area contributed by atoms with E-state index in [0.717, 1.165) is 0 Å². The number of amides is 13. The number of nitrogens with one attached hydrogen (secondary N) is 12. The molecule has 0 aliphatic heterocycles. The van der Waals surface area contributed by atoms with Crippen molar-refractivity contribution in [1.29, 1.82) is 0 Å². The van der Waals surface area contributed by atoms with Gasteiger partial charge in [-0.05, 0) is 98.1 Å². The molecule has 0 fully saturated rings. The average Bonchev–Trinajstić information content (AvgIpc) is 0.827. The monoisotopic (exact) mass is 1560 g/mol. The molecule has 0 aromatic heterocycles. The molecule has 1 aromatic rings. The number of phenols is 1. The highest BCUT2D eigenvalue weighted by Gasteiger charge is 2.40. The minimum atomic E-state index is -2.12. The number of carboxylic acid groups (broad SMARTS) is 4. The highest BCUT2D eigenvalue weighted by Crippen LogP contribution is 2.17. The van der Waals surface area contributed by atoms with Gasteiger partial charge in [0.1, 0.15) is 78.3 Å². The number of aliphatic hydroxyl groups is 1. The number of guanidine groups is 1. The number of carboxylic acids is 4. The van der Waals surface area contributed by atoms with Gasteiger partial charge in [0.15, 0.2) is 5.96 Å². The van der Waals surface area contributed by atoms with Crippen molar-refractivity contribution in [2.75, 3.05) is 13.2 Å². The molecule has 0 saturated heterocycles. The Kier molecular flexibility index (Phi) is 42.9. The molecule has 40 heteroatoms. The van der Waals surface area contributed by atoms with Gasteiger partial charge >= 0.3 is 23.9 Å². The maximum atomic E-state index is 14.5. The predicted molar refractivity (Wildman–Crippen MR) is 395 cm³/mol. The Bertz CT molecular complexity index is 3370. The van der Waals surface area contributed by atoms with E-state index in [4.69, 9.17) is 22.9 Å². The van der Waals surface area contributed by atoms with Crippen LogP contribution in [-0.4, -0.2) is 229 Å². The zero-order valence-corrected chi connectivity index (χ0v) is 64.3. The number of phenolic OH excluding ortho intramolecular Hbond substituents is 1. The first-order valence-electron chi connectivity index (χ1n) is 36.2. The van der Waals surface area contributed by atoms with Gasteiger partial charge in [0.2, 0.25) is 76.8 Å². The van der Waals surface area contributed by atoms with Crippen molar-refractivity contribution in [1.82, 2.24) is 63.8 Å². The van der Waals surface area contributed by atoms with Gasteiger partial charge < -0.3 is 117 Å². The number of nitrogens with zero attached hydrogens (tertiary/aromatic N) is 1. The topological polar surface area (TPSA) is 672 Å². The molecule has 618 valence electrons. The van der Waals surface area contributed by atoms with E-state index < -0.39 is 242 Å². The van der Waals surface area contributed by atoms with E-state index >= 15 is 0 Å². The second-order valence-corrected chi connectivity index (χ2v) is 29.0. The van der Waals surface area contributed by atoms with E-state index in [1.165, 1.54) is 45.0 Å². The number of rotatable bonds is 52. The highest BCUT2D eigenvalue weighted by atomic mass is 16.4. The molecule has 0 spiro atoms. The van der Waals surface area contributed by atoms with Gasteiger partial charge in [0, 0.05) is 19.4 Å². The molecule has 0 heterocycles. The number of aliphatic carboxylic acids is 4. The fourth-order valence-electron chi connectivity index (χ4n) is 10.9. The van der Waals surface area contributed by atoms with E-state index in [1.807, 2.05) is 13.8 Å². The third kappa shape index (κ3) is 37.3. The fraction of sp³-hybridized carbons (Fsp3) is 0.657. The summed E-state index contributed by atoms with van der Waals surface area (Å²) in [6.45, 7) is 18.6. The standard InChI is InChI=1S/C70H115N17O23/c1-13-37(12)56(68(108)84-49(30-54(95)96)64(104)79-43(24-33(4)5)59(99)77-42(69(109)110)15-14-22-75-70(73)74)87-58(98)41(20-21-51(72)90)76-66(106)50(31-88)85-61(101)46(27-38-16-18-39(89)19-17-38)81-62(102)47(28-52(91)92)82-60(100)44(25-34(6)7)80-63(103)48(29-53(93)94)83-67(107)55(36(10)11)86-65(105)45(26-35(8)9)78-57(97)40(71)23-32(2)3/h16-19,32-37,40-50,55-56,88-89H,13-15,20-31,71H2,1-12H3,(H2,72,90)(H,76,106)(H,77,99)(H,78,97)(H,79,104)(H,80,103)(H,81,102)(H,82,100)(H,83,107)(H,84,108)(H,85,101)(H,86,105)(H,87,98)(H,91,92)(H,93,94)(H,95,96)(H,109,110)(H4,73,74,75)/t37-,40-,41-,42-,43-,44-,45-,46-,47-,48-,49-,50-,55-,56-/m0/s1. The number of carbonyl (C=O) groups excluding carboxylic acids is 13. The van der Waals surface area contributed by atoms with Crippen LogP contribution in [0.4, 0.5) is 0 Å². The third-order valence-corrected chi connectivity index (χ3v) is 16.9. The van der Waals surface area contributed by atoms with Crippen molar-refractivity contribution in [3.05, 3.63) is 29.8 Å². The third-order valence-electron chi connectivity index (χ3n) is 16.9. The van der Waals surface area contributed by atoms with E-state index in [2.05, 4.69) is 68.8 Å². The van der Waals surface area contributed by atoms with Crippen LogP contribution in [0.3, 0.4) is 0 Å². The first kappa shape index (κ1) is 97.2. The smallest absolute Gasteiger partial charge is 0.326 e. The number of benzene rings is 1. The first-order chi connectivity index (χ1) is 51.2. The predicted octanol–water partition coefficient (Wildman–Crippen LogP) is -4.21. The molecule has 0 aliphatic rings. The van der Waals surface area contributed by atoms with Gasteiger partial charge in [-0.15, -0.1) is 0 Å². The average molecular weight is 1560 g/mol. The number of aliphatic imine (C=N–C) groups is 1. The molecule has 1 rings (SSSR count). The largest absolute Gasteiger partial charge is 0.508 e. The lowest BCUT2D eigenvalue weighted by atomic mass is 9.96. The summed E-state index contributed by atoms with van der Waals surface area (Å²) in [4.78, 5) is 233. The van der Waals surface area contributed by atoms with Gasteiger partial charge in [-0.2, -0.15) is 0 Å². The fourth-order valence-corrected chi connectivity index (χ4v) is 10.9. The molecule has 1 aromatic carbocycles. The highest BCUT2D eigenvalue weighted by molar-refractivity contribution is 6.01. The Morgan fingerprint density at radius 1 is 0.400 bits per heavy atom. The minimum absolute atomic E-state index is 0.0170. The van der Waals surface area contributed by atoms with Crippen molar-refractivity contribution in [2.24, 2.45) is 63.4 Å². The van der Waals surface area contributed by atoms with Crippen LogP contribution in [0.1, 0.15) is 166 Å². The molecule has 0 radical (unpaired) electrons. The van der Waals surface area contributed by atoms with Crippen LogP contribution in [0.2, 0.25) is 0 Å². The second-order valence-electron chi connectivity index (χ2n) is 29.0. The van der Waals surface area contributed by atoms with E-state index in [0.29, 0.717) is 6.42 Å². The molecule has 0 aliphatic carbocycles. The van der Waals surface area contributed by atoms with Crippen molar-refractivity contribution in [3.8, 4) is 5.75 Å². The minimum Gasteiger partial charge on any atom is -0.508 e. The number of hydrogen-bond acceptors (Lipinski definition) is 21. The summed E-state index contributed by atoms with van der Waals surface area (Å²) in [5.74, 6) is -24.0. The Labute approximate surface area is 637 Å². The quantitative estimate of drug-likeness (QED) is 0.0167. The number of primary amides is 1. The molecule has 13 amide bonds. The summed E-state index contributed by atoms with van der Waals surface area (Å²) in [5.41, 5.74) is 22.4. The second kappa shape index (κ2) is 48.6. The van der Waals surface area contributed by atoms with Crippen LogP contribution >= 0.6 is 0 Å². The van der Waals surface area contributed by atoms with Crippen molar-refractivity contribution in [3.63, 3.8) is 0 Å². The zero-order valence-electron chi connectivity index (χ0n) is 64.3. The maximum Gasteiger partial charge on any atom is 0.326 e. The number of nitrogens with two attached hydrogens (primary N) is 4. The molecule has 110 heavy (non-hydrogen) atoms. The number of aromatic hydroxyl groups is 1. The molecule has 0 saturated carbocycles. The van der Waals surface area contributed by atoms with Crippen LogP contribution in [0.15, 0.2) is 29.3 Å². The summed E-state index contributed by atoms with van der Waals surface area (Å²) < 4.78 is 0. The number of hydrogen-bond donors (Lipinski definition) is 22.